The van der Waals surface area contributed by atoms with Crippen LogP contribution in [-0.2, 0) is 13.0 Å². The summed E-state index contributed by atoms with van der Waals surface area (Å²) in [6.45, 7) is 7.10. The summed E-state index contributed by atoms with van der Waals surface area (Å²) in [7, 11) is 0. The molecule has 0 aliphatic rings. The summed E-state index contributed by atoms with van der Waals surface area (Å²) >= 11 is 3.44. The van der Waals surface area contributed by atoms with E-state index in [0.717, 1.165) is 28.0 Å². The van der Waals surface area contributed by atoms with Gasteiger partial charge in [0, 0.05) is 17.4 Å². The van der Waals surface area contributed by atoms with E-state index >= 15 is 0 Å². The van der Waals surface area contributed by atoms with Gasteiger partial charge >= 0.3 is 0 Å². The normalized spacial score (nSPS) is 12.9. The van der Waals surface area contributed by atoms with E-state index in [-0.39, 0.29) is 0 Å². The van der Waals surface area contributed by atoms with Gasteiger partial charge in [-0.05, 0) is 36.1 Å². The third-order valence-electron chi connectivity index (χ3n) is 3.20. The Morgan fingerprint density at radius 2 is 2.10 bits per heavy atom. The summed E-state index contributed by atoms with van der Waals surface area (Å²) in [5, 5.41) is 14.7. The highest BCUT2D eigenvalue weighted by atomic mass is 79.9. The van der Waals surface area contributed by atoms with Crippen molar-refractivity contribution in [2.75, 3.05) is 0 Å². The zero-order chi connectivity index (χ0) is 14.7. The molecular formula is C15H20BrN3O. The van der Waals surface area contributed by atoms with Crippen LogP contribution in [0.15, 0.2) is 29.0 Å². The Kier molecular flexibility index (Phi) is 4.94. The van der Waals surface area contributed by atoms with Crippen LogP contribution in [0.5, 0.6) is 0 Å². The van der Waals surface area contributed by atoms with Crippen LogP contribution in [0.2, 0.25) is 0 Å². The highest BCUT2D eigenvalue weighted by molar-refractivity contribution is 9.10. The first-order chi connectivity index (χ1) is 9.47. The summed E-state index contributed by atoms with van der Waals surface area (Å²) in [6.07, 6.45) is 1.48. The van der Waals surface area contributed by atoms with Crippen LogP contribution >= 0.6 is 15.9 Å². The molecular weight excluding hydrogens is 318 g/mol. The fourth-order valence-corrected chi connectivity index (χ4v) is 2.72. The van der Waals surface area contributed by atoms with Gasteiger partial charge in [0.05, 0.1) is 6.10 Å². The fourth-order valence-electron chi connectivity index (χ4n) is 2.24. The molecule has 1 heterocycles. The molecule has 1 atom stereocenters. The van der Waals surface area contributed by atoms with Crippen LogP contribution in [0, 0.1) is 12.8 Å². The maximum atomic E-state index is 10.4. The molecule has 5 heteroatoms. The first-order valence-corrected chi connectivity index (χ1v) is 7.57. The lowest BCUT2D eigenvalue weighted by molar-refractivity contribution is 0.172. The number of halogens is 1. The van der Waals surface area contributed by atoms with Gasteiger partial charge in [0.1, 0.15) is 12.2 Å². The van der Waals surface area contributed by atoms with Crippen molar-refractivity contribution in [1.82, 2.24) is 14.8 Å². The van der Waals surface area contributed by atoms with E-state index < -0.39 is 6.10 Å². The van der Waals surface area contributed by atoms with Crippen molar-refractivity contribution in [3.63, 3.8) is 0 Å². The maximum absolute atomic E-state index is 10.4. The number of rotatable bonds is 5. The molecule has 1 unspecified atom stereocenters. The average molecular weight is 338 g/mol. The largest absolute Gasteiger partial charge is 0.388 e. The lowest BCUT2D eigenvalue weighted by Gasteiger charge is -2.15. The molecule has 1 aromatic heterocycles. The zero-order valence-electron chi connectivity index (χ0n) is 12.0. The topological polar surface area (TPSA) is 50.9 Å². The molecule has 0 fully saturated rings. The van der Waals surface area contributed by atoms with Gasteiger partial charge in [-0.15, -0.1) is 0 Å². The second-order valence-corrected chi connectivity index (χ2v) is 6.39. The molecule has 0 amide bonds. The minimum absolute atomic E-state index is 0.481. The van der Waals surface area contributed by atoms with Gasteiger partial charge in [-0.1, -0.05) is 35.8 Å². The van der Waals surface area contributed by atoms with Gasteiger partial charge in [-0.3, -0.25) is 0 Å². The van der Waals surface area contributed by atoms with Gasteiger partial charge < -0.3 is 5.11 Å². The standard InChI is InChI=1S/C15H20BrN3O/c1-10(2)8-19-15(17-9-18-19)7-14(20)13-5-4-12(16)6-11(13)3/h4-6,9-10,14,20H,7-8H2,1-3H3. The molecule has 2 aromatic rings. The molecule has 0 saturated heterocycles. The third kappa shape index (κ3) is 3.67. The minimum atomic E-state index is -0.557. The first-order valence-electron chi connectivity index (χ1n) is 6.78. The highest BCUT2D eigenvalue weighted by Gasteiger charge is 2.15. The number of aliphatic hydroxyl groups is 1. The van der Waals surface area contributed by atoms with Crippen molar-refractivity contribution in [2.24, 2.45) is 5.92 Å². The molecule has 20 heavy (non-hydrogen) atoms. The van der Waals surface area contributed by atoms with E-state index in [9.17, 15) is 5.11 Å². The van der Waals surface area contributed by atoms with Crippen molar-refractivity contribution in [3.05, 3.63) is 46.0 Å². The number of aryl methyl sites for hydroxylation is 1. The van der Waals surface area contributed by atoms with Crippen LogP contribution < -0.4 is 0 Å². The average Bonchev–Trinajstić information content (AvgIpc) is 2.75. The van der Waals surface area contributed by atoms with Crippen LogP contribution in [0.3, 0.4) is 0 Å². The van der Waals surface area contributed by atoms with Crippen molar-refractivity contribution in [3.8, 4) is 0 Å². The van der Waals surface area contributed by atoms with E-state index in [1.807, 2.05) is 29.8 Å². The van der Waals surface area contributed by atoms with Gasteiger partial charge in [-0.2, -0.15) is 5.10 Å². The summed E-state index contributed by atoms with van der Waals surface area (Å²) in [6, 6.07) is 5.91. The van der Waals surface area contributed by atoms with E-state index in [0.29, 0.717) is 12.3 Å². The van der Waals surface area contributed by atoms with E-state index in [4.69, 9.17) is 0 Å². The second kappa shape index (κ2) is 6.50. The molecule has 0 radical (unpaired) electrons. The first kappa shape index (κ1) is 15.2. The fraction of sp³-hybridized carbons (Fsp3) is 0.467. The minimum Gasteiger partial charge on any atom is -0.388 e. The summed E-state index contributed by atoms with van der Waals surface area (Å²) in [5.74, 6) is 1.33. The summed E-state index contributed by atoms with van der Waals surface area (Å²) in [5.41, 5.74) is 2.01. The lowest BCUT2D eigenvalue weighted by atomic mass is 10.0. The molecule has 0 saturated carbocycles. The maximum Gasteiger partial charge on any atom is 0.138 e. The summed E-state index contributed by atoms with van der Waals surface area (Å²) < 4.78 is 2.90. The zero-order valence-corrected chi connectivity index (χ0v) is 13.6. The number of hydrogen-bond acceptors (Lipinski definition) is 3. The quantitative estimate of drug-likeness (QED) is 0.910. The summed E-state index contributed by atoms with van der Waals surface area (Å²) in [4.78, 5) is 4.26. The van der Waals surface area contributed by atoms with Crippen LogP contribution in [-0.4, -0.2) is 19.9 Å². The Balaban J connectivity index is 2.15. The van der Waals surface area contributed by atoms with Gasteiger partial charge in [0.25, 0.3) is 0 Å². The molecule has 2 rings (SSSR count). The Morgan fingerprint density at radius 3 is 2.75 bits per heavy atom. The molecule has 0 bridgehead atoms. The predicted molar refractivity (Wildman–Crippen MR) is 82.4 cm³/mol. The number of nitrogens with zero attached hydrogens (tertiary/aromatic N) is 3. The van der Waals surface area contributed by atoms with Crippen LogP contribution in [0.4, 0.5) is 0 Å². The Labute approximate surface area is 128 Å². The van der Waals surface area contributed by atoms with Crippen LogP contribution in [0.25, 0.3) is 0 Å². The van der Waals surface area contributed by atoms with Crippen molar-refractivity contribution in [2.45, 2.75) is 39.8 Å². The van der Waals surface area contributed by atoms with E-state index in [2.05, 4.69) is 39.9 Å². The molecule has 108 valence electrons. The monoisotopic (exact) mass is 337 g/mol. The van der Waals surface area contributed by atoms with Gasteiger partial charge in [0.15, 0.2) is 0 Å². The SMILES string of the molecule is Cc1cc(Br)ccc1C(O)Cc1ncnn1CC(C)C. The van der Waals surface area contributed by atoms with Crippen molar-refractivity contribution >= 4 is 15.9 Å². The van der Waals surface area contributed by atoms with Crippen molar-refractivity contribution in [1.29, 1.82) is 0 Å². The molecule has 1 aromatic carbocycles. The van der Waals surface area contributed by atoms with E-state index in [1.54, 1.807) is 6.33 Å². The highest BCUT2D eigenvalue weighted by Crippen LogP contribution is 2.24. The predicted octanol–water partition coefficient (Wildman–Crippen LogP) is 3.28. The molecule has 0 aliphatic heterocycles. The lowest BCUT2D eigenvalue weighted by Crippen LogP contribution is -2.13. The van der Waals surface area contributed by atoms with Gasteiger partial charge in [-0.25, -0.2) is 9.67 Å². The smallest absolute Gasteiger partial charge is 0.138 e. The molecule has 4 nitrogen and oxygen atoms in total. The third-order valence-corrected chi connectivity index (χ3v) is 3.69. The second-order valence-electron chi connectivity index (χ2n) is 5.47. The Bertz CT molecular complexity index is 580. The Morgan fingerprint density at radius 1 is 1.35 bits per heavy atom. The van der Waals surface area contributed by atoms with Crippen molar-refractivity contribution < 1.29 is 5.11 Å². The molecule has 0 aliphatic carbocycles. The number of benzene rings is 1. The van der Waals surface area contributed by atoms with E-state index in [1.165, 1.54) is 0 Å². The van der Waals surface area contributed by atoms with Gasteiger partial charge in [0.2, 0.25) is 0 Å². The molecule has 1 N–H and O–H groups in total. The number of aliphatic hydroxyl groups excluding tert-OH is 1. The molecule has 0 spiro atoms. The Hall–Kier alpha value is -1.20. The number of aromatic nitrogens is 3. The number of hydrogen-bond donors (Lipinski definition) is 1. The van der Waals surface area contributed by atoms with Crippen LogP contribution in [0.1, 0.15) is 36.9 Å².